The Bertz CT molecular complexity index is 323. The predicted molar refractivity (Wildman–Crippen MR) is 83.9 cm³/mol. The molecule has 3 aliphatic rings. The van der Waals surface area contributed by atoms with Gasteiger partial charge in [-0.05, 0) is 62.8 Å². The molecule has 2 aliphatic carbocycles. The van der Waals surface area contributed by atoms with Crippen LogP contribution >= 0.6 is 0 Å². The lowest BCUT2D eigenvalue weighted by Gasteiger charge is -2.34. The average molecular weight is 279 g/mol. The molecular weight excluding hydrogens is 246 g/mol. The number of hydrogen-bond donors (Lipinski definition) is 1. The molecule has 1 heterocycles. The van der Waals surface area contributed by atoms with Crippen molar-refractivity contribution in [1.82, 2.24) is 5.32 Å². The summed E-state index contributed by atoms with van der Waals surface area (Å²) in [6, 6.07) is 0.825. The van der Waals surface area contributed by atoms with E-state index in [1.54, 1.807) is 0 Å². The van der Waals surface area contributed by atoms with Gasteiger partial charge in [-0.1, -0.05) is 33.6 Å². The molecule has 2 saturated carbocycles. The lowest BCUT2D eigenvalue weighted by atomic mass is 9.77. The Kier molecular flexibility index (Phi) is 4.16. The van der Waals surface area contributed by atoms with Crippen molar-refractivity contribution >= 4 is 0 Å². The molecule has 1 N–H and O–H groups in total. The van der Waals surface area contributed by atoms with Gasteiger partial charge in [0, 0.05) is 6.04 Å². The van der Waals surface area contributed by atoms with E-state index in [1.807, 2.05) is 0 Å². The van der Waals surface area contributed by atoms with Crippen LogP contribution in [-0.2, 0) is 4.74 Å². The molecule has 0 aromatic rings. The molecule has 0 aromatic heterocycles. The van der Waals surface area contributed by atoms with Gasteiger partial charge in [0.25, 0.3) is 0 Å². The van der Waals surface area contributed by atoms with Crippen LogP contribution in [0.1, 0.15) is 78.6 Å². The summed E-state index contributed by atoms with van der Waals surface area (Å²) in [5, 5.41) is 3.74. The maximum absolute atomic E-state index is 6.53. The van der Waals surface area contributed by atoms with Gasteiger partial charge in [-0.15, -0.1) is 0 Å². The van der Waals surface area contributed by atoms with E-state index >= 15 is 0 Å². The van der Waals surface area contributed by atoms with Crippen LogP contribution in [0, 0.1) is 11.3 Å². The highest BCUT2D eigenvalue weighted by molar-refractivity contribution is 4.94. The van der Waals surface area contributed by atoms with E-state index in [0.717, 1.165) is 12.0 Å². The summed E-state index contributed by atoms with van der Waals surface area (Å²) in [5.41, 5.74) is 0.688. The number of ether oxygens (including phenoxy) is 1. The highest BCUT2D eigenvalue weighted by Crippen LogP contribution is 2.45. The molecule has 3 fully saturated rings. The van der Waals surface area contributed by atoms with Gasteiger partial charge in [-0.25, -0.2) is 0 Å². The third kappa shape index (κ3) is 3.57. The molecule has 2 nitrogen and oxygen atoms in total. The minimum Gasteiger partial charge on any atom is -0.372 e. The Morgan fingerprint density at radius 2 is 1.80 bits per heavy atom. The fraction of sp³-hybridized carbons (Fsp3) is 1.00. The van der Waals surface area contributed by atoms with Gasteiger partial charge in [0.15, 0.2) is 0 Å². The number of nitrogens with one attached hydrogen (secondary N) is 1. The lowest BCUT2D eigenvalue weighted by Crippen LogP contribution is -2.36. The van der Waals surface area contributed by atoms with Crippen LogP contribution in [0.3, 0.4) is 0 Å². The molecule has 1 spiro atoms. The maximum Gasteiger partial charge on any atom is 0.0687 e. The summed E-state index contributed by atoms with van der Waals surface area (Å²) in [6.45, 7) is 8.37. The maximum atomic E-state index is 6.53. The van der Waals surface area contributed by atoms with E-state index in [1.165, 1.54) is 64.3 Å². The highest BCUT2D eigenvalue weighted by atomic mass is 16.5. The van der Waals surface area contributed by atoms with Gasteiger partial charge in [-0.2, -0.15) is 0 Å². The van der Waals surface area contributed by atoms with Crippen molar-refractivity contribution in [2.24, 2.45) is 11.3 Å². The second kappa shape index (κ2) is 5.61. The fourth-order valence-electron chi connectivity index (χ4n) is 4.11. The van der Waals surface area contributed by atoms with Crippen LogP contribution in [0.5, 0.6) is 0 Å². The standard InChI is InChI=1S/C18H33NO/c1-17(2,3)14(13-19-15-6-7-15)12-16-8-11-18(20-16)9-4-5-10-18/h14-16,19H,4-13H2,1-3H3. The largest absolute Gasteiger partial charge is 0.372 e. The van der Waals surface area contributed by atoms with Gasteiger partial charge in [0.2, 0.25) is 0 Å². The van der Waals surface area contributed by atoms with Crippen molar-refractivity contribution < 1.29 is 4.74 Å². The lowest BCUT2D eigenvalue weighted by molar-refractivity contribution is -0.0499. The third-order valence-electron chi connectivity index (χ3n) is 5.86. The normalized spacial score (nSPS) is 31.1. The van der Waals surface area contributed by atoms with Crippen molar-refractivity contribution in [3.63, 3.8) is 0 Å². The van der Waals surface area contributed by atoms with Crippen LogP contribution < -0.4 is 5.32 Å². The molecular formula is C18H33NO. The molecule has 0 amide bonds. The second-order valence-electron chi connectivity index (χ2n) is 8.65. The van der Waals surface area contributed by atoms with E-state index in [-0.39, 0.29) is 0 Å². The molecule has 0 radical (unpaired) electrons. The van der Waals surface area contributed by atoms with Gasteiger partial charge >= 0.3 is 0 Å². The van der Waals surface area contributed by atoms with E-state index < -0.39 is 0 Å². The minimum absolute atomic E-state index is 0.303. The van der Waals surface area contributed by atoms with E-state index in [2.05, 4.69) is 26.1 Å². The second-order valence-corrected chi connectivity index (χ2v) is 8.65. The van der Waals surface area contributed by atoms with Crippen molar-refractivity contribution in [2.75, 3.05) is 6.54 Å². The molecule has 2 unspecified atom stereocenters. The summed E-state index contributed by atoms with van der Waals surface area (Å²) in [4.78, 5) is 0. The van der Waals surface area contributed by atoms with Crippen molar-refractivity contribution in [3.05, 3.63) is 0 Å². The Hall–Kier alpha value is -0.0800. The Labute approximate surface area is 125 Å². The fourth-order valence-corrected chi connectivity index (χ4v) is 4.11. The van der Waals surface area contributed by atoms with Crippen LogP contribution in [0.4, 0.5) is 0 Å². The van der Waals surface area contributed by atoms with Gasteiger partial charge in [-0.3, -0.25) is 0 Å². The van der Waals surface area contributed by atoms with Gasteiger partial charge in [0.1, 0.15) is 0 Å². The smallest absolute Gasteiger partial charge is 0.0687 e. The summed E-state index contributed by atoms with van der Waals surface area (Å²) in [6.07, 6.45) is 12.6. The molecule has 0 aromatic carbocycles. The van der Waals surface area contributed by atoms with Crippen LogP contribution in [0.15, 0.2) is 0 Å². The summed E-state index contributed by atoms with van der Waals surface area (Å²) >= 11 is 0. The zero-order chi connectivity index (χ0) is 14.2. The first-order chi connectivity index (χ1) is 9.47. The highest BCUT2D eigenvalue weighted by Gasteiger charge is 2.43. The monoisotopic (exact) mass is 279 g/mol. The Morgan fingerprint density at radius 1 is 1.10 bits per heavy atom. The van der Waals surface area contributed by atoms with Gasteiger partial charge < -0.3 is 10.1 Å². The number of rotatable bonds is 5. The van der Waals surface area contributed by atoms with Crippen molar-refractivity contribution in [2.45, 2.75) is 96.3 Å². The molecule has 3 rings (SSSR count). The summed E-state index contributed by atoms with van der Waals surface area (Å²) < 4.78 is 6.53. The van der Waals surface area contributed by atoms with Crippen molar-refractivity contribution in [1.29, 1.82) is 0 Å². The first-order valence-corrected chi connectivity index (χ1v) is 8.88. The average Bonchev–Trinajstić information content (AvgIpc) is 2.96. The molecule has 2 heteroatoms. The third-order valence-corrected chi connectivity index (χ3v) is 5.86. The topological polar surface area (TPSA) is 21.3 Å². The first kappa shape index (κ1) is 14.8. The summed E-state index contributed by atoms with van der Waals surface area (Å²) in [5.74, 6) is 0.740. The quantitative estimate of drug-likeness (QED) is 0.811. The van der Waals surface area contributed by atoms with Crippen LogP contribution in [-0.4, -0.2) is 24.3 Å². The molecule has 2 atom stereocenters. The van der Waals surface area contributed by atoms with Crippen LogP contribution in [0.2, 0.25) is 0 Å². The molecule has 1 saturated heterocycles. The SMILES string of the molecule is CC(C)(C)C(CNC1CC1)CC1CCC2(CCCC2)O1. The minimum atomic E-state index is 0.303. The molecule has 0 bridgehead atoms. The van der Waals surface area contributed by atoms with E-state index in [4.69, 9.17) is 4.74 Å². The number of hydrogen-bond acceptors (Lipinski definition) is 2. The Balaban J connectivity index is 1.52. The van der Waals surface area contributed by atoms with E-state index in [9.17, 15) is 0 Å². The summed E-state index contributed by atoms with van der Waals surface area (Å²) in [7, 11) is 0. The molecule has 20 heavy (non-hydrogen) atoms. The first-order valence-electron chi connectivity index (χ1n) is 8.88. The van der Waals surface area contributed by atoms with Crippen molar-refractivity contribution in [3.8, 4) is 0 Å². The predicted octanol–water partition coefficient (Wildman–Crippen LogP) is 4.28. The molecule has 1 aliphatic heterocycles. The zero-order valence-electron chi connectivity index (χ0n) is 13.7. The zero-order valence-corrected chi connectivity index (χ0v) is 13.7. The Morgan fingerprint density at radius 3 is 2.40 bits per heavy atom. The van der Waals surface area contributed by atoms with Crippen LogP contribution in [0.25, 0.3) is 0 Å². The van der Waals surface area contributed by atoms with Gasteiger partial charge in [0.05, 0.1) is 11.7 Å². The molecule has 116 valence electrons. The van der Waals surface area contributed by atoms with E-state index in [0.29, 0.717) is 17.1 Å².